The average Bonchev–Trinajstić information content (AvgIpc) is 3.43. The number of nitrogens with zero attached hydrogens (tertiary/aromatic N) is 1. The molecule has 4 fully saturated rings. The summed E-state index contributed by atoms with van der Waals surface area (Å²) < 4.78 is 0.395. The van der Waals surface area contributed by atoms with E-state index in [1.165, 1.54) is 61.3 Å². The zero-order valence-corrected chi connectivity index (χ0v) is 23.0. The van der Waals surface area contributed by atoms with Crippen LogP contribution in [-0.2, 0) is 0 Å². The van der Waals surface area contributed by atoms with E-state index in [1.807, 2.05) is 0 Å². The molecule has 0 amide bonds. The number of hydrogen-bond acceptors (Lipinski definition) is 4. The van der Waals surface area contributed by atoms with Gasteiger partial charge in [0.15, 0.2) is 0 Å². The van der Waals surface area contributed by atoms with Crippen LogP contribution in [0.5, 0.6) is 0 Å². The Bertz CT molecular complexity index is 918. The van der Waals surface area contributed by atoms with Gasteiger partial charge in [-0.05, 0) is 111 Å². The molecule has 1 aromatic carbocycles. The van der Waals surface area contributed by atoms with Crippen LogP contribution in [-0.4, -0.2) is 39.9 Å². The SMILES string of the molecule is CCN(CC)c1ccc([C@H]2C[C@]3(C)C(O)CC[C@H]3[C@@H]3CCC4=CC5(CC[C@@H]4[C@H]32)SCCS5)cc1. The molecule has 1 aromatic rings. The molecule has 186 valence electrons. The maximum atomic E-state index is 11.2. The number of anilines is 1. The van der Waals surface area contributed by atoms with Gasteiger partial charge in [0.05, 0.1) is 10.2 Å². The minimum absolute atomic E-state index is 0.0949. The van der Waals surface area contributed by atoms with Gasteiger partial charge in [-0.3, -0.25) is 0 Å². The van der Waals surface area contributed by atoms with Crippen LogP contribution in [0.4, 0.5) is 5.69 Å². The molecule has 1 saturated heterocycles. The molecule has 1 N–H and O–H groups in total. The van der Waals surface area contributed by atoms with Crippen LogP contribution in [0.25, 0.3) is 0 Å². The average molecular weight is 498 g/mol. The molecular formula is C30H43NOS2. The Labute approximate surface area is 215 Å². The summed E-state index contributed by atoms with van der Waals surface area (Å²) in [6.45, 7) is 9.06. The standard InChI is InChI=1S/C30H43NOS2/c1-4-31(5-2)22-9-6-20(7-10-22)25-19-29(3)26(12-13-27(29)32)24-11-8-21-18-30(33-16-17-34-30)15-14-23(21)28(24)25/h6-7,9-10,18,23-28,32H,4-5,8,11-17,19H2,1-3H3/t23-,24-,25+,26-,27?,28+,29-/m0/s1. The van der Waals surface area contributed by atoms with Gasteiger partial charge in [-0.2, -0.15) is 0 Å². The van der Waals surface area contributed by atoms with Gasteiger partial charge in [-0.1, -0.05) is 30.7 Å². The lowest BCUT2D eigenvalue weighted by molar-refractivity contribution is -0.0659. The molecule has 0 radical (unpaired) electrons. The van der Waals surface area contributed by atoms with Crippen molar-refractivity contribution in [2.24, 2.45) is 29.1 Å². The summed E-state index contributed by atoms with van der Waals surface area (Å²) in [5, 5.41) is 11.2. The summed E-state index contributed by atoms with van der Waals surface area (Å²) in [6.07, 6.45) is 11.5. The third-order valence-corrected chi connectivity index (χ3v) is 14.0. The number of thioether (sulfide) groups is 2. The minimum atomic E-state index is -0.117. The van der Waals surface area contributed by atoms with E-state index in [0.29, 0.717) is 15.9 Å². The highest BCUT2D eigenvalue weighted by Gasteiger charge is 2.59. The number of rotatable bonds is 4. The fourth-order valence-electron chi connectivity index (χ4n) is 8.98. The molecule has 0 bridgehead atoms. The van der Waals surface area contributed by atoms with Gasteiger partial charge in [0, 0.05) is 30.3 Å². The second kappa shape index (κ2) is 9.06. The van der Waals surface area contributed by atoms with Gasteiger partial charge in [-0.25, -0.2) is 0 Å². The molecule has 2 nitrogen and oxygen atoms in total. The minimum Gasteiger partial charge on any atom is -0.393 e. The lowest BCUT2D eigenvalue weighted by Crippen LogP contribution is -2.51. The molecule has 5 aliphatic rings. The lowest BCUT2D eigenvalue weighted by Gasteiger charge is -2.57. The summed E-state index contributed by atoms with van der Waals surface area (Å²) >= 11 is 4.44. The second-order valence-electron chi connectivity index (χ2n) is 11.9. The summed E-state index contributed by atoms with van der Waals surface area (Å²) in [5.74, 6) is 6.25. The van der Waals surface area contributed by atoms with Crippen LogP contribution < -0.4 is 4.90 Å². The Morgan fingerprint density at radius 1 is 0.971 bits per heavy atom. The molecule has 34 heavy (non-hydrogen) atoms. The highest BCUT2D eigenvalue weighted by atomic mass is 32.2. The number of aliphatic hydroxyl groups excluding tert-OH is 1. The first-order chi connectivity index (χ1) is 16.5. The maximum Gasteiger partial charge on any atom is 0.0794 e. The van der Waals surface area contributed by atoms with E-state index in [2.05, 4.69) is 79.5 Å². The van der Waals surface area contributed by atoms with E-state index in [9.17, 15) is 5.11 Å². The maximum absolute atomic E-state index is 11.2. The topological polar surface area (TPSA) is 23.5 Å². The van der Waals surface area contributed by atoms with Gasteiger partial charge in [0.2, 0.25) is 0 Å². The van der Waals surface area contributed by atoms with Crippen LogP contribution in [0.2, 0.25) is 0 Å². The molecule has 1 heterocycles. The largest absolute Gasteiger partial charge is 0.393 e. The van der Waals surface area contributed by atoms with Crippen molar-refractivity contribution in [2.75, 3.05) is 29.5 Å². The zero-order valence-electron chi connectivity index (χ0n) is 21.3. The van der Waals surface area contributed by atoms with E-state index in [-0.39, 0.29) is 11.5 Å². The fraction of sp³-hybridized carbons (Fsp3) is 0.733. The molecule has 4 heteroatoms. The normalized spacial score (nSPS) is 40.4. The quantitative estimate of drug-likeness (QED) is 0.440. The second-order valence-corrected chi connectivity index (χ2v) is 15.0. The highest BCUT2D eigenvalue weighted by molar-refractivity contribution is 8.21. The summed E-state index contributed by atoms with van der Waals surface area (Å²) in [5.41, 5.74) is 4.79. The van der Waals surface area contributed by atoms with Gasteiger partial charge >= 0.3 is 0 Å². The van der Waals surface area contributed by atoms with E-state index in [0.717, 1.165) is 37.3 Å². The number of allylic oxidation sites excluding steroid dienone is 1. The van der Waals surface area contributed by atoms with Crippen LogP contribution in [0.3, 0.4) is 0 Å². The van der Waals surface area contributed by atoms with E-state index in [4.69, 9.17) is 0 Å². The fourth-order valence-corrected chi connectivity index (χ4v) is 12.2. The molecule has 1 spiro atoms. The molecular weight excluding hydrogens is 454 g/mol. The van der Waals surface area contributed by atoms with Gasteiger partial charge in [0.1, 0.15) is 0 Å². The Morgan fingerprint density at radius 2 is 1.71 bits per heavy atom. The number of aliphatic hydroxyl groups is 1. The van der Waals surface area contributed by atoms with Crippen molar-refractivity contribution in [3.05, 3.63) is 41.5 Å². The van der Waals surface area contributed by atoms with Gasteiger partial charge < -0.3 is 10.0 Å². The molecule has 0 aromatic heterocycles. The first-order valence-corrected chi connectivity index (χ1v) is 16.0. The third kappa shape index (κ3) is 3.72. The van der Waals surface area contributed by atoms with Crippen molar-refractivity contribution in [1.29, 1.82) is 0 Å². The highest BCUT2D eigenvalue weighted by Crippen LogP contribution is 2.67. The van der Waals surface area contributed by atoms with Crippen molar-refractivity contribution in [1.82, 2.24) is 0 Å². The molecule has 3 saturated carbocycles. The predicted octanol–water partition coefficient (Wildman–Crippen LogP) is 7.34. The van der Waals surface area contributed by atoms with Crippen LogP contribution in [0.15, 0.2) is 35.9 Å². The van der Waals surface area contributed by atoms with Crippen LogP contribution in [0, 0.1) is 29.1 Å². The van der Waals surface area contributed by atoms with Gasteiger partial charge in [0.25, 0.3) is 0 Å². The number of hydrogen-bond donors (Lipinski definition) is 1. The van der Waals surface area contributed by atoms with Gasteiger partial charge in [-0.15, -0.1) is 23.5 Å². The zero-order chi connectivity index (χ0) is 23.5. The summed E-state index contributed by atoms with van der Waals surface area (Å²) in [7, 11) is 0. The monoisotopic (exact) mass is 497 g/mol. The Balaban J connectivity index is 1.37. The number of benzene rings is 1. The molecule has 6 rings (SSSR count). The van der Waals surface area contributed by atoms with Crippen molar-refractivity contribution in [3.63, 3.8) is 0 Å². The Morgan fingerprint density at radius 3 is 2.41 bits per heavy atom. The first-order valence-electron chi connectivity index (χ1n) is 14.0. The smallest absolute Gasteiger partial charge is 0.0794 e. The third-order valence-electron chi connectivity index (χ3n) is 10.6. The van der Waals surface area contributed by atoms with E-state index in [1.54, 1.807) is 5.57 Å². The molecule has 1 unspecified atom stereocenters. The van der Waals surface area contributed by atoms with E-state index < -0.39 is 0 Å². The van der Waals surface area contributed by atoms with Crippen LogP contribution in [0.1, 0.15) is 77.2 Å². The lowest BCUT2D eigenvalue weighted by atomic mass is 9.48. The van der Waals surface area contributed by atoms with Crippen molar-refractivity contribution in [2.45, 2.75) is 81.8 Å². The molecule has 4 aliphatic carbocycles. The van der Waals surface area contributed by atoms with Crippen LogP contribution >= 0.6 is 23.5 Å². The summed E-state index contributed by atoms with van der Waals surface area (Å²) in [6, 6.07) is 9.65. The van der Waals surface area contributed by atoms with Crippen molar-refractivity contribution >= 4 is 29.2 Å². The predicted molar refractivity (Wildman–Crippen MR) is 149 cm³/mol. The van der Waals surface area contributed by atoms with E-state index >= 15 is 0 Å². The Hall–Kier alpha value is -0.580. The first kappa shape index (κ1) is 23.8. The summed E-state index contributed by atoms with van der Waals surface area (Å²) in [4.78, 5) is 2.45. The molecule has 7 atom stereocenters. The number of fused-ring (bicyclic) bond motifs is 5. The molecule has 1 aliphatic heterocycles. The van der Waals surface area contributed by atoms with Crippen molar-refractivity contribution in [3.8, 4) is 0 Å². The van der Waals surface area contributed by atoms with Crippen molar-refractivity contribution < 1.29 is 5.11 Å². The Kier molecular flexibility index (Phi) is 6.34.